The molecule has 9 heteroatoms. The van der Waals surface area contributed by atoms with Gasteiger partial charge in [-0.3, -0.25) is 4.79 Å². The van der Waals surface area contributed by atoms with Gasteiger partial charge in [0.05, 0.1) is 11.1 Å². The van der Waals surface area contributed by atoms with E-state index in [4.69, 9.17) is 0 Å². The third kappa shape index (κ3) is 8.48. The van der Waals surface area contributed by atoms with E-state index in [1.54, 1.807) is 38.1 Å². The summed E-state index contributed by atoms with van der Waals surface area (Å²) in [5.74, 6) is 5.61. The van der Waals surface area contributed by atoms with Crippen molar-refractivity contribution >= 4 is 17.3 Å². The van der Waals surface area contributed by atoms with Crippen LogP contribution in [0.2, 0.25) is 0 Å². The Morgan fingerprint density at radius 1 is 0.711 bits per heavy atom. The largest absolute Gasteiger partial charge is 0.417 e. The Balaban J connectivity index is 1.57. The van der Waals surface area contributed by atoms with Crippen molar-refractivity contribution in [1.82, 2.24) is 0 Å². The standard InChI is InChI=1S/C36H32F6N2O/c1-5-6-23(4)19-24-7-9-25(10-8-24)26-11-13-27(14-12-26)34(45)44-29-16-18-31(33(21-29)36(40,41)42)30-17-15-28(43-22(2)3)20-32(30)35(37,38)39/h7-18,20-23,43H,19H2,1-4H3,(H,44,45). The van der Waals surface area contributed by atoms with E-state index in [-0.39, 0.29) is 28.9 Å². The highest BCUT2D eigenvalue weighted by atomic mass is 19.4. The van der Waals surface area contributed by atoms with Crippen LogP contribution in [-0.2, 0) is 18.8 Å². The minimum Gasteiger partial charge on any atom is -0.383 e. The molecule has 1 amide bonds. The molecule has 0 spiro atoms. The number of anilines is 2. The first-order valence-corrected chi connectivity index (χ1v) is 14.3. The summed E-state index contributed by atoms with van der Waals surface area (Å²) in [6, 6.07) is 20.2. The van der Waals surface area contributed by atoms with E-state index in [0.29, 0.717) is 6.07 Å². The molecular formula is C36H32F6N2O. The van der Waals surface area contributed by atoms with Crippen LogP contribution in [0, 0.1) is 17.8 Å². The SMILES string of the molecule is CC#CC(C)Cc1ccc(-c2ccc(C(=O)Nc3ccc(-c4ccc(NC(C)C)cc4C(F)(F)F)c(C(F)(F)F)c3)cc2)cc1. The predicted molar refractivity (Wildman–Crippen MR) is 167 cm³/mol. The number of hydrogen-bond donors (Lipinski definition) is 2. The first-order chi connectivity index (χ1) is 21.2. The van der Waals surface area contributed by atoms with Crippen molar-refractivity contribution < 1.29 is 31.1 Å². The lowest BCUT2D eigenvalue weighted by molar-refractivity contribution is -0.139. The van der Waals surface area contributed by atoms with Crippen molar-refractivity contribution in [3.63, 3.8) is 0 Å². The average molecular weight is 623 g/mol. The number of carbonyl (C=O) groups is 1. The van der Waals surface area contributed by atoms with Gasteiger partial charge in [-0.1, -0.05) is 55.5 Å². The molecule has 0 saturated carbocycles. The third-order valence-electron chi connectivity index (χ3n) is 7.02. The highest BCUT2D eigenvalue weighted by Gasteiger charge is 2.39. The first-order valence-electron chi connectivity index (χ1n) is 14.3. The smallest absolute Gasteiger partial charge is 0.383 e. The summed E-state index contributed by atoms with van der Waals surface area (Å²) in [5, 5.41) is 5.28. The molecule has 1 atom stereocenters. The third-order valence-corrected chi connectivity index (χ3v) is 7.02. The van der Waals surface area contributed by atoms with Gasteiger partial charge in [-0.25, -0.2) is 0 Å². The molecule has 3 nitrogen and oxygen atoms in total. The topological polar surface area (TPSA) is 41.1 Å². The van der Waals surface area contributed by atoms with E-state index < -0.39 is 40.5 Å². The van der Waals surface area contributed by atoms with Crippen molar-refractivity contribution in [2.75, 3.05) is 10.6 Å². The lowest BCUT2D eigenvalue weighted by Gasteiger charge is -2.20. The molecule has 2 N–H and O–H groups in total. The summed E-state index contributed by atoms with van der Waals surface area (Å²) in [4.78, 5) is 12.9. The van der Waals surface area contributed by atoms with E-state index in [1.807, 2.05) is 31.2 Å². The zero-order chi connectivity index (χ0) is 32.9. The van der Waals surface area contributed by atoms with Gasteiger partial charge in [0.15, 0.2) is 0 Å². The second-order valence-corrected chi connectivity index (χ2v) is 11.0. The van der Waals surface area contributed by atoms with Crippen molar-refractivity contribution in [2.24, 2.45) is 5.92 Å². The van der Waals surface area contributed by atoms with Gasteiger partial charge in [0.2, 0.25) is 0 Å². The highest BCUT2D eigenvalue weighted by Crippen LogP contribution is 2.44. The monoisotopic (exact) mass is 622 g/mol. The summed E-state index contributed by atoms with van der Waals surface area (Å²) < 4.78 is 84.4. The van der Waals surface area contributed by atoms with Crippen molar-refractivity contribution in [3.05, 3.63) is 107 Å². The van der Waals surface area contributed by atoms with E-state index in [2.05, 4.69) is 29.4 Å². The van der Waals surface area contributed by atoms with E-state index in [9.17, 15) is 31.1 Å². The molecule has 45 heavy (non-hydrogen) atoms. The van der Waals surface area contributed by atoms with Gasteiger partial charge in [0, 0.05) is 28.9 Å². The number of rotatable bonds is 8. The Kier molecular flexibility index (Phi) is 9.97. The second-order valence-electron chi connectivity index (χ2n) is 11.0. The Morgan fingerprint density at radius 2 is 1.20 bits per heavy atom. The zero-order valence-corrected chi connectivity index (χ0v) is 25.1. The van der Waals surface area contributed by atoms with Crippen LogP contribution in [0.4, 0.5) is 37.7 Å². The number of carbonyl (C=O) groups excluding carboxylic acids is 1. The Morgan fingerprint density at radius 3 is 1.69 bits per heavy atom. The maximum absolute atomic E-state index is 14.2. The van der Waals surface area contributed by atoms with Crippen LogP contribution < -0.4 is 10.6 Å². The molecule has 4 aromatic carbocycles. The molecule has 0 saturated heterocycles. The number of halogens is 6. The maximum Gasteiger partial charge on any atom is 0.417 e. The summed E-state index contributed by atoms with van der Waals surface area (Å²) in [5.41, 5.74) is -0.720. The quantitative estimate of drug-likeness (QED) is 0.152. The van der Waals surface area contributed by atoms with Crippen LogP contribution in [0.15, 0.2) is 84.9 Å². The molecule has 0 aliphatic rings. The normalized spacial score (nSPS) is 12.3. The van der Waals surface area contributed by atoms with Crippen LogP contribution in [-0.4, -0.2) is 11.9 Å². The Labute approximate surface area is 258 Å². The van der Waals surface area contributed by atoms with Crippen LogP contribution in [0.1, 0.15) is 54.7 Å². The van der Waals surface area contributed by atoms with E-state index in [0.717, 1.165) is 47.4 Å². The molecule has 0 aromatic heterocycles. The molecule has 0 heterocycles. The fourth-order valence-electron chi connectivity index (χ4n) is 5.03. The lowest BCUT2D eigenvalue weighted by Crippen LogP contribution is -2.15. The van der Waals surface area contributed by atoms with Crippen molar-refractivity contribution in [1.29, 1.82) is 0 Å². The fourth-order valence-corrected chi connectivity index (χ4v) is 5.03. The number of hydrogen-bond acceptors (Lipinski definition) is 2. The summed E-state index contributed by atoms with van der Waals surface area (Å²) in [6.45, 7) is 7.33. The number of amides is 1. The average Bonchev–Trinajstić information content (AvgIpc) is 2.96. The Hall–Kier alpha value is -4.71. The van der Waals surface area contributed by atoms with E-state index >= 15 is 0 Å². The van der Waals surface area contributed by atoms with Gasteiger partial charge in [-0.05, 0) is 91.4 Å². The van der Waals surface area contributed by atoms with Crippen LogP contribution in [0.5, 0.6) is 0 Å². The van der Waals surface area contributed by atoms with Crippen LogP contribution in [0.3, 0.4) is 0 Å². The van der Waals surface area contributed by atoms with Crippen molar-refractivity contribution in [2.45, 2.75) is 52.5 Å². The van der Waals surface area contributed by atoms with Gasteiger partial charge in [-0.15, -0.1) is 11.8 Å². The van der Waals surface area contributed by atoms with Gasteiger partial charge in [0.25, 0.3) is 5.91 Å². The molecule has 0 radical (unpaired) electrons. The van der Waals surface area contributed by atoms with Gasteiger partial charge in [-0.2, -0.15) is 26.3 Å². The molecule has 1 unspecified atom stereocenters. The molecular weight excluding hydrogens is 590 g/mol. The first kappa shape index (κ1) is 33.2. The van der Waals surface area contributed by atoms with Crippen LogP contribution in [0.25, 0.3) is 22.3 Å². The van der Waals surface area contributed by atoms with Crippen LogP contribution >= 0.6 is 0 Å². The lowest BCUT2D eigenvalue weighted by atomic mass is 9.93. The zero-order valence-electron chi connectivity index (χ0n) is 25.1. The number of alkyl halides is 6. The minimum atomic E-state index is -4.99. The maximum atomic E-state index is 14.2. The van der Waals surface area contributed by atoms with E-state index in [1.165, 1.54) is 6.07 Å². The predicted octanol–water partition coefficient (Wildman–Crippen LogP) is 10.3. The molecule has 234 valence electrons. The number of nitrogens with one attached hydrogen (secondary N) is 2. The Bertz CT molecular complexity index is 1710. The molecule has 0 aliphatic carbocycles. The molecule has 0 bridgehead atoms. The van der Waals surface area contributed by atoms with Gasteiger partial charge in [0.1, 0.15) is 0 Å². The molecule has 0 aliphatic heterocycles. The molecule has 4 aromatic rings. The molecule has 4 rings (SSSR count). The molecule has 0 fully saturated rings. The number of benzene rings is 4. The summed E-state index contributed by atoms with van der Waals surface area (Å²) in [6.07, 6.45) is -9.08. The fraction of sp³-hybridized carbons (Fsp3) is 0.250. The highest BCUT2D eigenvalue weighted by molar-refractivity contribution is 6.04. The van der Waals surface area contributed by atoms with Gasteiger partial charge < -0.3 is 10.6 Å². The van der Waals surface area contributed by atoms with Gasteiger partial charge >= 0.3 is 12.4 Å². The van der Waals surface area contributed by atoms with Crippen molar-refractivity contribution in [3.8, 4) is 34.1 Å². The summed E-state index contributed by atoms with van der Waals surface area (Å²) in [7, 11) is 0. The second kappa shape index (κ2) is 13.5. The summed E-state index contributed by atoms with van der Waals surface area (Å²) >= 11 is 0. The minimum absolute atomic E-state index is 0.133.